The Morgan fingerprint density at radius 1 is 1.58 bits per heavy atom. The minimum atomic E-state index is -0.370. The second kappa shape index (κ2) is 5.49. The van der Waals surface area contributed by atoms with Gasteiger partial charge in [-0.2, -0.15) is 0 Å². The van der Waals surface area contributed by atoms with Gasteiger partial charge in [0, 0.05) is 9.35 Å². The van der Waals surface area contributed by atoms with Crippen molar-refractivity contribution in [2.24, 2.45) is 0 Å². The van der Waals surface area contributed by atoms with Crippen molar-refractivity contribution in [3.05, 3.63) is 26.9 Å². The number of hydrogen-bond acceptors (Lipinski definition) is 1. The van der Waals surface area contributed by atoms with E-state index in [1.807, 2.05) is 26.8 Å². The molecule has 3 heteroatoms. The van der Waals surface area contributed by atoms with Crippen LogP contribution in [0.2, 0.25) is 0 Å². The van der Waals surface area contributed by atoms with E-state index in [1.54, 1.807) is 0 Å². The number of hydrogen-bond donors (Lipinski definition) is 0. The smallest absolute Gasteiger partial charge is 0.134 e. The molecule has 1 heterocycles. The van der Waals surface area contributed by atoms with Crippen molar-refractivity contribution in [1.82, 2.24) is 0 Å². The SMILES string of the molecule is C=C(F)c1sc(C)cc1Br.CC. The van der Waals surface area contributed by atoms with Crippen LogP contribution in [0.25, 0.3) is 5.83 Å². The summed E-state index contributed by atoms with van der Waals surface area (Å²) in [6, 6.07) is 1.88. The maximum Gasteiger partial charge on any atom is 0.134 e. The van der Waals surface area contributed by atoms with Gasteiger partial charge in [0.1, 0.15) is 5.83 Å². The third-order valence-corrected chi connectivity index (χ3v) is 3.03. The molecule has 0 nitrogen and oxygen atoms in total. The standard InChI is InChI=1S/C7H6BrFS.C2H6/c1-4-3-6(8)7(10-4)5(2)9;1-2/h3H,2H2,1H3;1-2H3. The molecule has 1 rings (SSSR count). The molecule has 0 aromatic carbocycles. The van der Waals surface area contributed by atoms with Crippen LogP contribution in [0.15, 0.2) is 17.1 Å². The van der Waals surface area contributed by atoms with E-state index in [2.05, 4.69) is 22.5 Å². The van der Waals surface area contributed by atoms with Crippen LogP contribution in [0.4, 0.5) is 4.39 Å². The van der Waals surface area contributed by atoms with E-state index >= 15 is 0 Å². The molecule has 0 radical (unpaired) electrons. The summed E-state index contributed by atoms with van der Waals surface area (Å²) in [6.07, 6.45) is 0. The Morgan fingerprint density at radius 2 is 2.08 bits per heavy atom. The Labute approximate surface area is 85.2 Å². The molecule has 1 aromatic rings. The fraction of sp³-hybridized carbons (Fsp3) is 0.333. The van der Waals surface area contributed by atoms with E-state index in [9.17, 15) is 4.39 Å². The van der Waals surface area contributed by atoms with E-state index in [-0.39, 0.29) is 5.83 Å². The molecule has 0 amide bonds. The van der Waals surface area contributed by atoms with Crippen molar-refractivity contribution < 1.29 is 4.39 Å². The van der Waals surface area contributed by atoms with Crippen molar-refractivity contribution in [3.8, 4) is 0 Å². The number of rotatable bonds is 1. The van der Waals surface area contributed by atoms with Gasteiger partial charge in [0.2, 0.25) is 0 Å². The van der Waals surface area contributed by atoms with Gasteiger partial charge in [0.05, 0.1) is 4.88 Å². The Bertz CT molecular complexity index is 265. The fourth-order valence-electron chi connectivity index (χ4n) is 0.668. The van der Waals surface area contributed by atoms with Gasteiger partial charge in [-0.05, 0) is 28.9 Å². The molecule has 12 heavy (non-hydrogen) atoms. The van der Waals surface area contributed by atoms with Crippen molar-refractivity contribution in [3.63, 3.8) is 0 Å². The molecular formula is C9H12BrFS. The molecule has 0 N–H and O–H groups in total. The predicted octanol–water partition coefficient (Wildman–Crippen LogP) is 4.79. The van der Waals surface area contributed by atoms with Crippen LogP contribution < -0.4 is 0 Å². The summed E-state index contributed by atoms with van der Waals surface area (Å²) in [7, 11) is 0. The first-order valence-corrected chi connectivity index (χ1v) is 5.33. The van der Waals surface area contributed by atoms with E-state index in [1.165, 1.54) is 11.3 Å². The highest BCUT2D eigenvalue weighted by Gasteiger charge is 2.06. The van der Waals surface area contributed by atoms with E-state index < -0.39 is 0 Å². The molecular weight excluding hydrogens is 239 g/mol. The minimum Gasteiger partial charge on any atom is -0.206 e. The summed E-state index contributed by atoms with van der Waals surface area (Å²) in [5.74, 6) is -0.370. The maximum absolute atomic E-state index is 12.5. The highest BCUT2D eigenvalue weighted by molar-refractivity contribution is 9.10. The Morgan fingerprint density at radius 3 is 2.25 bits per heavy atom. The summed E-state index contributed by atoms with van der Waals surface area (Å²) in [5.41, 5.74) is 0. The maximum atomic E-state index is 12.5. The van der Waals surface area contributed by atoms with Crippen molar-refractivity contribution >= 4 is 33.1 Å². The molecule has 0 fully saturated rings. The van der Waals surface area contributed by atoms with E-state index in [0.29, 0.717) is 4.88 Å². The highest BCUT2D eigenvalue weighted by atomic mass is 79.9. The third kappa shape index (κ3) is 3.07. The summed E-state index contributed by atoms with van der Waals surface area (Å²) in [4.78, 5) is 1.68. The second-order valence-corrected chi connectivity index (χ2v) is 4.05. The lowest BCUT2D eigenvalue weighted by molar-refractivity contribution is 0.766. The molecule has 0 saturated heterocycles. The molecule has 0 aliphatic carbocycles. The average molecular weight is 251 g/mol. The lowest BCUT2D eigenvalue weighted by Gasteiger charge is -1.87. The van der Waals surface area contributed by atoms with Crippen LogP contribution >= 0.6 is 27.3 Å². The summed E-state index contributed by atoms with van der Waals surface area (Å²) in [6.45, 7) is 9.15. The zero-order chi connectivity index (χ0) is 9.72. The zero-order valence-corrected chi connectivity index (χ0v) is 9.85. The summed E-state index contributed by atoms with van der Waals surface area (Å²) >= 11 is 4.63. The predicted molar refractivity (Wildman–Crippen MR) is 58.2 cm³/mol. The monoisotopic (exact) mass is 250 g/mol. The zero-order valence-electron chi connectivity index (χ0n) is 7.45. The van der Waals surface area contributed by atoms with Gasteiger partial charge >= 0.3 is 0 Å². The molecule has 68 valence electrons. The topological polar surface area (TPSA) is 0 Å². The van der Waals surface area contributed by atoms with Crippen molar-refractivity contribution in [2.75, 3.05) is 0 Å². The number of thiophene rings is 1. The molecule has 0 unspecified atom stereocenters. The largest absolute Gasteiger partial charge is 0.206 e. The Balaban J connectivity index is 0.000000561. The fourth-order valence-corrected chi connectivity index (χ4v) is 2.39. The second-order valence-electron chi connectivity index (χ2n) is 1.94. The molecule has 1 aromatic heterocycles. The number of halogens is 2. The van der Waals surface area contributed by atoms with Gasteiger partial charge in [-0.25, -0.2) is 4.39 Å². The Hall–Kier alpha value is -0.150. The van der Waals surface area contributed by atoms with Crippen LogP contribution in [0, 0.1) is 6.92 Å². The quantitative estimate of drug-likeness (QED) is 0.673. The molecule has 0 bridgehead atoms. The normalized spacial score (nSPS) is 8.75. The first-order chi connectivity index (χ1) is 5.61. The van der Waals surface area contributed by atoms with Crippen LogP contribution in [-0.4, -0.2) is 0 Å². The first-order valence-electron chi connectivity index (χ1n) is 3.72. The van der Waals surface area contributed by atoms with Crippen LogP contribution in [0.3, 0.4) is 0 Å². The summed E-state index contributed by atoms with van der Waals surface area (Å²) in [5, 5.41) is 0. The Kier molecular flexibility index (Phi) is 5.42. The van der Waals surface area contributed by atoms with Crippen LogP contribution in [-0.2, 0) is 0 Å². The average Bonchev–Trinajstić information content (AvgIpc) is 2.34. The summed E-state index contributed by atoms with van der Waals surface area (Å²) < 4.78 is 13.3. The molecule has 0 aliphatic heterocycles. The number of aryl methyl sites for hydroxylation is 1. The van der Waals surface area contributed by atoms with E-state index in [0.717, 1.165) is 9.35 Å². The van der Waals surface area contributed by atoms with Crippen LogP contribution in [0.1, 0.15) is 23.6 Å². The van der Waals surface area contributed by atoms with Crippen molar-refractivity contribution in [1.29, 1.82) is 0 Å². The van der Waals surface area contributed by atoms with E-state index in [4.69, 9.17) is 0 Å². The van der Waals surface area contributed by atoms with Gasteiger partial charge in [-0.15, -0.1) is 11.3 Å². The minimum absolute atomic E-state index is 0.370. The van der Waals surface area contributed by atoms with Crippen LogP contribution in [0.5, 0.6) is 0 Å². The van der Waals surface area contributed by atoms with Crippen molar-refractivity contribution in [2.45, 2.75) is 20.8 Å². The molecule has 0 atom stereocenters. The van der Waals surface area contributed by atoms with Gasteiger partial charge in [-0.3, -0.25) is 0 Å². The van der Waals surface area contributed by atoms with Gasteiger partial charge in [-0.1, -0.05) is 20.4 Å². The van der Waals surface area contributed by atoms with Gasteiger partial charge in [0.25, 0.3) is 0 Å². The third-order valence-electron chi connectivity index (χ3n) is 1.06. The van der Waals surface area contributed by atoms with Gasteiger partial charge < -0.3 is 0 Å². The lowest BCUT2D eigenvalue weighted by Crippen LogP contribution is -1.65. The molecule has 0 saturated carbocycles. The highest BCUT2D eigenvalue weighted by Crippen LogP contribution is 2.32. The van der Waals surface area contributed by atoms with Gasteiger partial charge in [0.15, 0.2) is 0 Å². The molecule has 0 spiro atoms. The molecule has 0 aliphatic rings. The first kappa shape index (κ1) is 11.8. The lowest BCUT2D eigenvalue weighted by atomic mass is 10.4.